The van der Waals surface area contributed by atoms with Crippen molar-refractivity contribution in [3.8, 4) is 0 Å². The largest absolute Gasteiger partial charge is 0.211 e. The average Bonchev–Trinajstić information content (AvgIpc) is 2.49. The molecule has 0 aromatic heterocycles. The molecule has 0 nitrogen and oxygen atoms in total. The second-order valence-corrected chi connectivity index (χ2v) is 6.26. The second-order valence-electron chi connectivity index (χ2n) is 6.26. The molecular weight excluding hydrogens is 259 g/mol. The number of hydrogen-bond donors (Lipinski definition) is 0. The third-order valence-electron chi connectivity index (χ3n) is 4.51. The molecule has 1 aromatic rings. The summed E-state index contributed by atoms with van der Waals surface area (Å²) in [5.74, 6) is 0.0636. The van der Waals surface area contributed by atoms with Gasteiger partial charge >= 0.3 is 0 Å². The fraction of sp³-hybridized carbons (Fsp3) is 0.500. The van der Waals surface area contributed by atoms with E-state index < -0.39 is 0 Å². The van der Waals surface area contributed by atoms with Crippen molar-refractivity contribution in [2.24, 2.45) is 5.41 Å². The Hall–Kier alpha value is -1.37. The first kappa shape index (κ1) is 16.0. The number of benzene rings is 1. The van der Waals surface area contributed by atoms with Crippen molar-refractivity contribution in [1.82, 2.24) is 0 Å². The topological polar surface area (TPSA) is 0 Å². The van der Waals surface area contributed by atoms with Crippen LogP contribution in [0.25, 0.3) is 5.57 Å². The van der Waals surface area contributed by atoms with Gasteiger partial charge in [0, 0.05) is 12.0 Å². The molecule has 114 valence electrons. The van der Waals surface area contributed by atoms with Crippen molar-refractivity contribution in [3.63, 3.8) is 0 Å². The van der Waals surface area contributed by atoms with Crippen molar-refractivity contribution in [3.05, 3.63) is 53.9 Å². The van der Waals surface area contributed by atoms with Gasteiger partial charge in [0.15, 0.2) is 0 Å². The van der Waals surface area contributed by atoms with E-state index in [4.69, 9.17) is 0 Å². The predicted molar refractivity (Wildman–Crippen MR) is 89.7 cm³/mol. The molecule has 21 heavy (non-hydrogen) atoms. The van der Waals surface area contributed by atoms with Gasteiger partial charge in [-0.25, -0.2) is 4.39 Å². The molecule has 0 bridgehead atoms. The first-order valence-corrected chi connectivity index (χ1v) is 8.34. The van der Waals surface area contributed by atoms with Crippen LogP contribution in [0.5, 0.6) is 0 Å². The van der Waals surface area contributed by atoms with E-state index in [1.54, 1.807) is 0 Å². The first-order valence-electron chi connectivity index (χ1n) is 8.34. The number of hydrogen-bond acceptors (Lipinski definition) is 0. The van der Waals surface area contributed by atoms with Gasteiger partial charge in [-0.15, -0.1) is 0 Å². The maximum atomic E-state index is 14.7. The fourth-order valence-corrected chi connectivity index (χ4v) is 3.38. The van der Waals surface area contributed by atoms with Crippen LogP contribution in [0.3, 0.4) is 0 Å². The number of unbranched alkanes of at least 4 members (excludes halogenated alkanes) is 2. The predicted octanol–water partition coefficient (Wildman–Crippen LogP) is 6.69. The van der Waals surface area contributed by atoms with Crippen LogP contribution < -0.4 is 0 Å². The van der Waals surface area contributed by atoms with Crippen molar-refractivity contribution in [1.29, 1.82) is 0 Å². The Morgan fingerprint density at radius 1 is 1.00 bits per heavy atom. The highest BCUT2D eigenvalue weighted by molar-refractivity contribution is 5.76. The summed E-state index contributed by atoms with van der Waals surface area (Å²) in [6, 6.07) is 9.89. The SMILES string of the molecule is CCCCCC1(CCC)C=CC(c2ccccc2)=C(F)C1. The lowest BCUT2D eigenvalue weighted by atomic mass is 9.72. The minimum Gasteiger partial charge on any atom is -0.211 e. The molecule has 0 saturated heterocycles. The number of halogens is 1. The molecule has 1 atom stereocenters. The lowest BCUT2D eigenvalue weighted by molar-refractivity contribution is 0.281. The zero-order chi connectivity index (χ0) is 15.1. The molecule has 1 aromatic carbocycles. The molecule has 0 aliphatic heterocycles. The van der Waals surface area contributed by atoms with Crippen LogP contribution in [-0.2, 0) is 0 Å². The minimum absolute atomic E-state index is 0.0479. The number of rotatable bonds is 7. The van der Waals surface area contributed by atoms with Crippen LogP contribution >= 0.6 is 0 Å². The standard InChI is InChI=1S/C20H27F/c1-3-5-9-14-20(13-4-2)15-12-18(19(21)16-20)17-10-7-6-8-11-17/h6-8,10-12,15H,3-5,9,13-14,16H2,1-2H3. The quantitative estimate of drug-likeness (QED) is 0.489. The summed E-state index contributed by atoms with van der Waals surface area (Å²) in [4.78, 5) is 0. The van der Waals surface area contributed by atoms with E-state index in [1.165, 1.54) is 19.3 Å². The van der Waals surface area contributed by atoms with Gasteiger partial charge in [-0.05, 0) is 23.8 Å². The molecule has 0 heterocycles. The molecule has 0 amide bonds. The Balaban J connectivity index is 2.16. The smallest absolute Gasteiger partial charge is 0.109 e. The van der Waals surface area contributed by atoms with E-state index in [-0.39, 0.29) is 11.2 Å². The molecule has 0 fully saturated rings. The summed E-state index contributed by atoms with van der Waals surface area (Å²) in [5, 5.41) is 0. The normalized spacial score (nSPS) is 21.9. The first-order chi connectivity index (χ1) is 10.2. The van der Waals surface area contributed by atoms with E-state index in [0.29, 0.717) is 6.42 Å². The fourth-order valence-electron chi connectivity index (χ4n) is 3.38. The molecule has 0 radical (unpaired) electrons. The lowest BCUT2D eigenvalue weighted by Crippen LogP contribution is -2.21. The maximum absolute atomic E-state index is 14.7. The molecule has 1 aliphatic carbocycles. The van der Waals surface area contributed by atoms with E-state index >= 15 is 0 Å². The van der Waals surface area contributed by atoms with Gasteiger partial charge in [0.05, 0.1) is 0 Å². The molecule has 1 aliphatic rings. The van der Waals surface area contributed by atoms with Crippen LogP contribution in [0, 0.1) is 5.41 Å². The van der Waals surface area contributed by atoms with E-state index in [0.717, 1.165) is 30.4 Å². The molecule has 0 spiro atoms. The highest BCUT2D eigenvalue weighted by atomic mass is 19.1. The third kappa shape index (κ3) is 4.06. The summed E-state index contributed by atoms with van der Waals surface area (Å²) in [5.41, 5.74) is 1.81. The Labute approximate surface area is 128 Å². The van der Waals surface area contributed by atoms with Crippen LogP contribution in [0.4, 0.5) is 4.39 Å². The lowest BCUT2D eigenvalue weighted by Gasteiger charge is -2.33. The Morgan fingerprint density at radius 3 is 2.38 bits per heavy atom. The monoisotopic (exact) mass is 286 g/mol. The Bertz CT molecular complexity index is 498. The highest BCUT2D eigenvalue weighted by Gasteiger charge is 2.31. The maximum Gasteiger partial charge on any atom is 0.109 e. The Kier molecular flexibility index (Phi) is 5.78. The zero-order valence-corrected chi connectivity index (χ0v) is 13.4. The second kappa shape index (κ2) is 7.59. The number of allylic oxidation sites excluding steroid dienone is 4. The van der Waals surface area contributed by atoms with Crippen molar-refractivity contribution in [2.45, 2.75) is 58.8 Å². The van der Waals surface area contributed by atoms with Gasteiger partial charge in [0.1, 0.15) is 5.83 Å². The van der Waals surface area contributed by atoms with Gasteiger partial charge in [0.2, 0.25) is 0 Å². The van der Waals surface area contributed by atoms with Crippen molar-refractivity contribution in [2.75, 3.05) is 0 Å². The molecular formula is C20H27F. The summed E-state index contributed by atoms with van der Waals surface area (Å²) in [6.45, 7) is 4.42. The molecule has 0 N–H and O–H groups in total. The summed E-state index contributed by atoms with van der Waals surface area (Å²) < 4.78 is 14.7. The van der Waals surface area contributed by atoms with E-state index in [2.05, 4.69) is 19.9 Å². The molecule has 1 heteroatoms. The van der Waals surface area contributed by atoms with E-state index in [1.807, 2.05) is 36.4 Å². The van der Waals surface area contributed by atoms with Gasteiger partial charge in [-0.2, -0.15) is 0 Å². The van der Waals surface area contributed by atoms with Crippen LogP contribution in [0.15, 0.2) is 48.3 Å². The highest BCUT2D eigenvalue weighted by Crippen LogP contribution is 2.44. The summed E-state index contributed by atoms with van der Waals surface area (Å²) in [7, 11) is 0. The third-order valence-corrected chi connectivity index (χ3v) is 4.51. The molecule has 2 rings (SSSR count). The zero-order valence-electron chi connectivity index (χ0n) is 13.4. The van der Waals surface area contributed by atoms with Gasteiger partial charge in [0.25, 0.3) is 0 Å². The molecule has 1 unspecified atom stereocenters. The van der Waals surface area contributed by atoms with Crippen LogP contribution in [0.2, 0.25) is 0 Å². The van der Waals surface area contributed by atoms with Gasteiger partial charge in [-0.3, -0.25) is 0 Å². The Morgan fingerprint density at radius 2 is 1.76 bits per heavy atom. The van der Waals surface area contributed by atoms with Crippen LogP contribution in [-0.4, -0.2) is 0 Å². The average molecular weight is 286 g/mol. The van der Waals surface area contributed by atoms with Crippen LogP contribution in [0.1, 0.15) is 64.4 Å². The van der Waals surface area contributed by atoms with Gasteiger partial charge in [-0.1, -0.05) is 82.0 Å². The minimum atomic E-state index is 0.0479. The van der Waals surface area contributed by atoms with E-state index in [9.17, 15) is 4.39 Å². The van der Waals surface area contributed by atoms with Gasteiger partial charge < -0.3 is 0 Å². The summed E-state index contributed by atoms with van der Waals surface area (Å²) in [6.07, 6.45) is 11.9. The van der Waals surface area contributed by atoms with Crippen molar-refractivity contribution < 1.29 is 4.39 Å². The van der Waals surface area contributed by atoms with Crippen molar-refractivity contribution >= 4 is 5.57 Å². The summed E-state index contributed by atoms with van der Waals surface area (Å²) >= 11 is 0. The molecule has 0 saturated carbocycles.